The first-order chi connectivity index (χ1) is 17.7. The highest BCUT2D eigenvalue weighted by Crippen LogP contribution is 2.34. The van der Waals surface area contributed by atoms with Crippen LogP contribution in [-0.2, 0) is 20.5 Å². The van der Waals surface area contributed by atoms with Crippen molar-refractivity contribution < 1.29 is 32.3 Å². The number of nitrogens with one attached hydrogen (secondary N) is 1. The first kappa shape index (κ1) is 26.7. The molecule has 2 aromatic carbocycles. The van der Waals surface area contributed by atoms with Gasteiger partial charge in [-0.3, -0.25) is 14.4 Å². The summed E-state index contributed by atoms with van der Waals surface area (Å²) in [7, 11) is 1.40. The Hall–Kier alpha value is -3.36. The van der Waals surface area contributed by atoms with E-state index in [1.54, 1.807) is 12.1 Å². The van der Waals surface area contributed by atoms with Crippen LogP contribution in [0.5, 0.6) is 0 Å². The number of halogens is 3. The van der Waals surface area contributed by atoms with Crippen molar-refractivity contribution in [3.8, 4) is 0 Å². The number of nitrogens with zero attached hydrogens (tertiary/aromatic N) is 1. The third kappa shape index (κ3) is 6.50. The highest BCUT2D eigenvalue weighted by atomic mass is 19.4. The van der Waals surface area contributed by atoms with Crippen LogP contribution in [0, 0.1) is 11.8 Å². The van der Waals surface area contributed by atoms with E-state index in [0.717, 1.165) is 30.5 Å². The lowest BCUT2D eigenvalue weighted by Gasteiger charge is -2.36. The van der Waals surface area contributed by atoms with Gasteiger partial charge in [-0.1, -0.05) is 18.2 Å². The van der Waals surface area contributed by atoms with Crippen LogP contribution in [0.3, 0.4) is 0 Å². The minimum absolute atomic E-state index is 0.0304. The molecule has 2 aliphatic rings. The maximum absolute atomic E-state index is 13.0. The Morgan fingerprint density at radius 3 is 2.11 bits per heavy atom. The van der Waals surface area contributed by atoms with Crippen molar-refractivity contribution in [3.63, 3.8) is 0 Å². The van der Waals surface area contributed by atoms with E-state index in [4.69, 9.17) is 4.74 Å². The number of carbonyl (C=O) groups is 3. The molecular weight excluding hydrogens is 485 g/mol. The van der Waals surface area contributed by atoms with Gasteiger partial charge in [0.25, 0.3) is 5.91 Å². The molecule has 1 saturated carbocycles. The molecule has 6 nitrogen and oxygen atoms in total. The number of hydrogen-bond acceptors (Lipinski definition) is 4. The van der Waals surface area contributed by atoms with Gasteiger partial charge in [-0.2, -0.15) is 13.2 Å². The van der Waals surface area contributed by atoms with E-state index >= 15 is 0 Å². The van der Waals surface area contributed by atoms with Crippen LogP contribution in [0.2, 0.25) is 0 Å². The van der Waals surface area contributed by atoms with Gasteiger partial charge in [-0.05, 0) is 80.3 Å². The van der Waals surface area contributed by atoms with E-state index in [9.17, 15) is 27.6 Å². The molecule has 9 heteroatoms. The van der Waals surface area contributed by atoms with E-state index in [1.165, 1.54) is 19.2 Å². The molecule has 1 aliphatic heterocycles. The largest absolute Gasteiger partial charge is 0.469 e. The average molecular weight is 517 g/mol. The van der Waals surface area contributed by atoms with Crippen molar-refractivity contribution in [1.29, 1.82) is 0 Å². The van der Waals surface area contributed by atoms with Crippen LogP contribution in [0.25, 0.3) is 0 Å². The molecule has 1 heterocycles. The van der Waals surface area contributed by atoms with Crippen LogP contribution in [0.15, 0.2) is 48.5 Å². The number of anilines is 1. The second kappa shape index (κ2) is 11.4. The SMILES string of the molecule is COC(=O)C1CCC(C(=O)N2CCC(c3ccc(NC(=O)c4cccc(C(F)(F)F)c4)cc3)CC2)CC1. The van der Waals surface area contributed by atoms with Crippen LogP contribution >= 0.6 is 0 Å². The average Bonchev–Trinajstić information content (AvgIpc) is 2.92. The zero-order valence-electron chi connectivity index (χ0n) is 20.7. The van der Waals surface area contributed by atoms with Gasteiger partial charge < -0.3 is 15.0 Å². The lowest BCUT2D eigenvalue weighted by molar-refractivity contribution is -0.148. The number of methoxy groups -OCH3 is 1. The number of esters is 1. The minimum Gasteiger partial charge on any atom is -0.469 e. The van der Waals surface area contributed by atoms with Crippen LogP contribution < -0.4 is 5.32 Å². The molecule has 2 aromatic rings. The Bertz CT molecular complexity index is 1120. The van der Waals surface area contributed by atoms with Crippen molar-refractivity contribution in [2.45, 2.75) is 50.6 Å². The number of carbonyl (C=O) groups excluding carboxylic acids is 3. The Balaban J connectivity index is 1.27. The predicted molar refractivity (Wildman–Crippen MR) is 132 cm³/mol. The molecule has 2 amide bonds. The third-order valence-corrected chi connectivity index (χ3v) is 7.51. The van der Waals surface area contributed by atoms with E-state index in [0.29, 0.717) is 44.5 Å². The number of piperidine rings is 1. The topological polar surface area (TPSA) is 75.7 Å². The third-order valence-electron chi connectivity index (χ3n) is 7.51. The van der Waals surface area contributed by atoms with Gasteiger partial charge in [-0.15, -0.1) is 0 Å². The second-order valence-electron chi connectivity index (χ2n) is 9.83. The Morgan fingerprint density at radius 2 is 1.51 bits per heavy atom. The lowest BCUT2D eigenvalue weighted by Crippen LogP contribution is -2.42. The maximum atomic E-state index is 13.0. The summed E-state index contributed by atoms with van der Waals surface area (Å²) in [4.78, 5) is 39.1. The number of ether oxygens (including phenoxy) is 1. The molecule has 4 rings (SSSR count). The summed E-state index contributed by atoms with van der Waals surface area (Å²) < 4.78 is 43.6. The first-order valence-electron chi connectivity index (χ1n) is 12.6. The molecule has 0 spiro atoms. The van der Waals surface area contributed by atoms with E-state index in [-0.39, 0.29) is 35.2 Å². The fourth-order valence-corrected chi connectivity index (χ4v) is 5.31. The van der Waals surface area contributed by atoms with Gasteiger partial charge >= 0.3 is 12.1 Å². The quantitative estimate of drug-likeness (QED) is 0.522. The molecule has 1 saturated heterocycles. The number of amides is 2. The predicted octanol–water partition coefficient (Wildman–Crippen LogP) is 5.64. The number of rotatable bonds is 5. The molecule has 1 N–H and O–H groups in total. The monoisotopic (exact) mass is 516 g/mol. The number of alkyl halides is 3. The van der Waals surface area contributed by atoms with Crippen molar-refractivity contribution in [2.24, 2.45) is 11.8 Å². The molecule has 0 unspecified atom stereocenters. The van der Waals surface area contributed by atoms with E-state index < -0.39 is 17.6 Å². The maximum Gasteiger partial charge on any atom is 0.416 e. The molecule has 0 bridgehead atoms. The fraction of sp³-hybridized carbons (Fsp3) is 0.464. The van der Waals surface area contributed by atoms with Crippen molar-refractivity contribution in [3.05, 3.63) is 65.2 Å². The molecule has 0 atom stereocenters. The van der Waals surface area contributed by atoms with E-state index in [2.05, 4.69) is 5.32 Å². The van der Waals surface area contributed by atoms with Gasteiger partial charge in [-0.25, -0.2) is 0 Å². The van der Waals surface area contributed by atoms with Crippen LogP contribution in [-0.4, -0.2) is 42.9 Å². The molecule has 2 fully saturated rings. The van der Waals surface area contributed by atoms with Crippen LogP contribution in [0.1, 0.15) is 65.9 Å². The number of benzene rings is 2. The van der Waals surface area contributed by atoms with Gasteiger partial charge in [0.15, 0.2) is 0 Å². The first-order valence-corrected chi connectivity index (χ1v) is 12.6. The minimum atomic E-state index is -4.51. The second-order valence-corrected chi connectivity index (χ2v) is 9.83. The Morgan fingerprint density at radius 1 is 0.892 bits per heavy atom. The fourth-order valence-electron chi connectivity index (χ4n) is 5.31. The van der Waals surface area contributed by atoms with Crippen LogP contribution in [0.4, 0.5) is 18.9 Å². The molecule has 37 heavy (non-hydrogen) atoms. The molecule has 198 valence electrons. The summed E-state index contributed by atoms with van der Waals surface area (Å²) >= 11 is 0. The molecule has 1 aliphatic carbocycles. The summed E-state index contributed by atoms with van der Waals surface area (Å²) in [5, 5.41) is 2.65. The number of likely N-dealkylation sites (tertiary alicyclic amines) is 1. The van der Waals surface area contributed by atoms with Crippen molar-refractivity contribution in [1.82, 2.24) is 4.90 Å². The molecular formula is C28H31F3N2O4. The smallest absolute Gasteiger partial charge is 0.416 e. The highest BCUT2D eigenvalue weighted by Gasteiger charge is 2.34. The standard InChI is InChI=1S/C28H31F3N2O4/c1-37-27(36)21-7-5-20(6-8-21)26(35)33-15-13-19(14-16-33)18-9-11-24(12-10-18)32-25(34)22-3-2-4-23(17-22)28(29,30)31/h2-4,9-12,17,19-21H,5-8,13-16H2,1H3,(H,32,34). The van der Waals surface area contributed by atoms with Gasteiger partial charge in [0.05, 0.1) is 18.6 Å². The zero-order chi connectivity index (χ0) is 26.6. The summed E-state index contributed by atoms with van der Waals surface area (Å²) in [5.41, 5.74) is 0.674. The molecule has 0 radical (unpaired) electrons. The number of hydrogen-bond donors (Lipinski definition) is 1. The highest BCUT2D eigenvalue weighted by molar-refractivity contribution is 6.04. The van der Waals surface area contributed by atoms with Crippen molar-refractivity contribution in [2.75, 3.05) is 25.5 Å². The summed E-state index contributed by atoms with van der Waals surface area (Å²) in [6.45, 7) is 1.35. The molecule has 0 aromatic heterocycles. The zero-order valence-corrected chi connectivity index (χ0v) is 20.7. The summed E-state index contributed by atoms with van der Waals surface area (Å²) in [6, 6.07) is 11.7. The summed E-state index contributed by atoms with van der Waals surface area (Å²) in [5.74, 6) is -0.462. The summed E-state index contributed by atoms with van der Waals surface area (Å²) in [6.07, 6.45) is -0.0364. The van der Waals surface area contributed by atoms with Gasteiger partial charge in [0, 0.05) is 30.3 Å². The van der Waals surface area contributed by atoms with Gasteiger partial charge in [0.2, 0.25) is 5.91 Å². The lowest BCUT2D eigenvalue weighted by atomic mass is 9.80. The normalized spacial score (nSPS) is 20.8. The Kier molecular flexibility index (Phi) is 8.19. The van der Waals surface area contributed by atoms with Gasteiger partial charge in [0.1, 0.15) is 0 Å². The van der Waals surface area contributed by atoms with Crippen molar-refractivity contribution >= 4 is 23.5 Å². The Labute approximate surface area is 214 Å². The van der Waals surface area contributed by atoms with E-state index in [1.807, 2.05) is 17.0 Å².